The number of hydrogen-bond acceptors (Lipinski definition) is 5. The van der Waals surface area contributed by atoms with Gasteiger partial charge < -0.3 is 19.7 Å². The third-order valence-electron chi connectivity index (χ3n) is 3.60. The number of rotatable bonds is 6. The van der Waals surface area contributed by atoms with E-state index in [1.54, 1.807) is 37.3 Å². The number of hydrogen-bond donors (Lipinski definition) is 1. The molecule has 1 aliphatic heterocycles. The van der Waals surface area contributed by atoms with E-state index in [0.717, 1.165) is 6.41 Å². The molecule has 1 aromatic rings. The zero-order valence-corrected chi connectivity index (χ0v) is 12.9. The van der Waals surface area contributed by atoms with Crippen LogP contribution in [0.15, 0.2) is 18.2 Å². The zero-order chi connectivity index (χ0) is 15.9. The van der Waals surface area contributed by atoms with Gasteiger partial charge in [0.2, 0.25) is 12.3 Å². The van der Waals surface area contributed by atoms with E-state index in [9.17, 15) is 9.59 Å². The van der Waals surface area contributed by atoms with Crippen molar-refractivity contribution in [2.24, 2.45) is 0 Å². The molecular weight excluding hydrogens is 286 g/mol. The van der Waals surface area contributed by atoms with Crippen molar-refractivity contribution in [3.63, 3.8) is 0 Å². The van der Waals surface area contributed by atoms with E-state index in [4.69, 9.17) is 9.47 Å². The highest BCUT2D eigenvalue weighted by atomic mass is 16.5. The van der Waals surface area contributed by atoms with Gasteiger partial charge in [-0.15, -0.1) is 0 Å². The summed E-state index contributed by atoms with van der Waals surface area (Å²) in [6, 6.07) is 5.24. The molecule has 0 bridgehead atoms. The summed E-state index contributed by atoms with van der Waals surface area (Å²) in [4.78, 5) is 26.6. The number of benzene rings is 1. The molecule has 7 nitrogen and oxygen atoms in total. The number of carbonyl (C=O) groups is 2. The Morgan fingerprint density at radius 1 is 1.23 bits per heavy atom. The van der Waals surface area contributed by atoms with E-state index in [0.29, 0.717) is 43.4 Å². The maximum absolute atomic E-state index is 12.2. The number of carbonyl (C=O) groups excluding carboxylic acids is 2. The first-order valence-electron chi connectivity index (χ1n) is 7.10. The zero-order valence-electron chi connectivity index (χ0n) is 12.9. The molecule has 1 fully saturated rings. The van der Waals surface area contributed by atoms with Crippen LogP contribution in [-0.4, -0.2) is 69.1 Å². The molecule has 22 heavy (non-hydrogen) atoms. The van der Waals surface area contributed by atoms with Crippen LogP contribution in [-0.2, 0) is 9.59 Å². The summed E-state index contributed by atoms with van der Waals surface area (Å²) in [7, 11) is 3.12. The van der Waals surface area contributed by atoms with Crippen molar-refractivity contribution < 1.29 is 19.1 Å². The number of nitrogens with one attached hydrogen (secondary N) is 1. The number of anilines is 1. The lowest BCUT2D eigenvalue weighted by Gasteiger charge is -2.31. The van der Waals surface area contributed by atoms with E-state index in [1.165, 1.54) is 0 Å². The second-order valence-electron chi connectivity index (χ2n) is 5.03. The van der Waals surface area contributed by atoms with Crippen LogP contribution in [0.25, 0.3) is 0 Å². The van der Waals surface area contributed by atoms with Gasteiger partial charge in [-0.1, -0.05) is 0 Å². The van der Waals surface area contributed by atoms with Gasteiger partial charge in [0.05, 0.1) is 26.5 Å². The molecule has 1 aliphatic rings. The highest BCUT2D eigenvalue weighted by Crippen LogP contribution is 2.28. The molecule has 1 heterocycles. The highest BCUT2D eigenvalue weighted by molar-refractivity contribution is 5.94. The monoisotopic (exact) mass is 307 g/mol. The Labute approximate surface area is 129 Å². The molecule has 2 amide bonds. The third-order valence-corrected chi connectivity index (χ3v) is 3.60. The van der Waals surface area contributed by atoms with Gasteiger partial charge in [0.1, 0.15) is 11.5 Å². The third kappa shape index (κ3) is 4.11. The average Bonchev–Trinajstić information content (AvgIpc) is 2.55. The Bertz CT molecular complexity index is 528. The van der Waals surface area contributed by atoms with Crippen LogP contribution < -0.4 is 14.8 Å². The van der Waals surface area contributed by atoms with Gasteiger partial charge in [0.25, 0.3) is 0 Å². The normalized spacial score (nSPS) is 15.3. The molecule has 0 aromatic heterocycles. The number of piperazine rings is 1. The fraction of sp³-hybridized carbons (Fsp3) is 0.467. The van der Waals surface area contributed by atoms with Crippen LogP contribution in [0.3, 0.4) is 0 Å². The minimum Gasteiger partial charge on any atom is -0.497 e. The van der Waals surface area contributed by atoms with Gasteiger partial charge in [-0.05, 0) is 12.1 Å². The molecule has 2 rings (SSSR count). The van der Waals surface area contributed by atoms with Crippen LogP contribution >= 0.6 is 0 Å². The van der Waals surface area contributed by atoms with E-state index >= 15 is 0 Å². The summed E-state index contributed by atoms with van der Waals surface area (Å²) in [6.07, 6.45) is 0.846. The first kappa shape index (κ1) is 16.1. The summed E-state index contributed by atoms with van der Waals surface area (Å²) in [5.41, 5.74) is 0.582. The van der Waals surface area contributed by atoms with E-state index in [2.05, 4.69) is 5.32 Å². The van der Waals surface area contributed by atoms with Gasteiger partial charge in [0, 0.05) is 32.2 Å². The largest absolute Gasteiger partial charge is 0.497 e. The summed E-state index contributed by atoms with van der Waals surface area (Å²) in [5.74, 6) is 1.11. The second-order valence-corrected chi connectivity index (χ2v) is 5.03. The Morgan fingerprint density at radius 3 is 2.55 bits per heavy atom. The Kier molecular flexibility index (Phi) is 5.60. The lowest BCUT2D eigenvalue weighted by molar-refractivity contribution is -0.120. The average molecular weight is 307 g/mol. The molecule has 0 radical (unpaired) electrons. The summed E-state index contributed by atoms with van der Waals surface area (Å²) >= 11 is 0. The van der Waals surface area contributed by atoms with E-state index in [1.807, 2.05) is 4.90 Å². The fourth-order valence-electron chi connectivity index (χ4n) is 2.33. The first-order chi connectivity index (χ1) is 10.7. The Balaban J connectivity index is 1.93. The molecule has 1 aromatic carbocycles. The van der Waals surface area contributed by atoms with Crippen molar-refractivity contribution in [2.75, 3.05) is 52.3 Å². The summed E-state index contributed by atoms with van der Waals surface area (Å²) in [5, 5.41) is 2.84. The lowest BCUT2D eigenvalue weighted by Crippen LogP contribution is -2.48. The summed E-state index contributed by atoms with van der Waals surface area (Å²) in [6.45, 7) is 2.98. The molecule has 7 heteroatoms. The molecule has 0 saturated carbocycles. The van der Waals surface area contributed by atoms with Gasteiger partial charge in [-0.3, -0.25) is 14.5 Å². The van der Waals surface area contributed by atoms with Crippen LogP contribution in [0.5, 0.6) is 11.5 Å². The minimum atomic E-state index is -0.119. The number of amides is 2. The molecule has 120 valence electrons. The standard InChI is InChI=1S/C15H21N3O4/c1-21-12-3-4-14(22-2)13(9-12)16-15(20)10-17-5-7-18(11-19)8-6-17/h3-4,9,11H,5-8,10H2,1-2H3,(H,16,20). The molecule has 0 aliphatic carbocycles. The summed E-state index contributed by atoms with van der Waals surface area (Å²) < 4.78 is 10.4. The van der Waals surface area contributed by atoms with Crippen LogP contribution in [0.1, 0.15) is 0 Å². The van der Waals surface area contributed by atoms with Crippen molar-refractivity contribution in [2.45, 2.75) is 0 Å². The number of nitrogens with zero attached hydrogens (tertiary/aromatic N) is 2. The second kappa shape index (κ2) is 7.65. The maximum Gasteiger partial charge on any atom is 0.238 e. The minimum absolute atomic E-state index is 0.119. The topological polar surface area (TPSA) is 71.1 Å². The first-order valence-corrected chi connectivity index (χ1v) is 7.10. The van der Waals surface area contributed by atoms with Gasteiger partial charge >= 0.3 is 0 Å². The Hall–Kier alpha value is -2.28. The van der Waals surface area contributed by atoms with Crippen molar-refractivity contribution in [1.82, 2.24) is 9.80 Å². The predicted octanol–water partition coefficient (Wildman–Crippen LogP) is 0.416. The lowest BCUT2D eigenvalue weighted by atomic mass is 10.2. The van der Waals surface area contributed by atoms with Gasteiger partial charge in [0.15, 0.2) is 0 Å². The fourth-order valence-corrected chi connectivity index (χ4v) is 2.33. The van der Waals surface area contributed by atoms with Gasteiger partial charge in [-0.2, -0.15) is 0 Å². The van der Waals surface area contributed by atoms with E-state index < -0.39 is 0 Å². The quantitative estimate of drug-likeness (QED) is 0.771. The van der Waals surface area contributed by atoms with Crippen LogP contribution in [0.4, 0.5) is 5.69 Å². The van der Waals surface area contributed by atoms with Crippen LogP contribution in [0, 0.1) is 0 Å². The van der Waals surface area contributed by atoms with Crippen molar-refractivity contribution in [3.8, 4) is 11.5 Å². The Morgan fingerprint density at radius 2 is 1.95 bits per heavy atom. The molecule has 0 unspecified atom stereocenters. The number of methoxy groups -OCH3 is 2. The van der Waals surface area contributed by atoms with Crippen LogP contribution in [0.2, 0.25) is 0 Å². The molecule has 0 spiro atoms. The van der Waals surface area contributed by atoms with Gasteiger partial charge in [-0.25, -0.2) is 0 Å². The van der Waals surface area contributed by atoms with Crippen molar-refractivity contribution >= 4 is 18.0 Å². The maximum atomic E-state index is 12.2. The van der Waals surface area contributed by atoms with Crippen molar-refractivity contribution in [3.05, 3.63) is 18.2 Å². The molecule has 1 N–H and O–H groups in total. The smallest absolute Gasteiger partial charge is 0.238 e. The predicted molar refractivity (Wildman–Crippen MR) is 82.3 cm³/mol. The highest BCUT2D eigenvalue weighted by Gasteiger charge is 2.18. The number of ether oxygens (including phenoxy) is 2. The molecule has 1 saturated heterocycles. The SMILES string of the molecule is COc1ccc(OC)c(NC(=O)CN2CCN(C=O)CC2)c1. The molecule has 0 atom stereocenters. The van der Waals surface area contributed by atoms with Crippen molar-refractivity contribution in [1.29, 1.82) is 0 Å². The van der Waals surface area contributed by atoms with E-state index in [-0.39, 0.29) is 12.5 Å². The molecular formula is C15H21N3O4.